The second-order valence-corrected chi connectivity index (χ2v) is 4.93. The zero-order valence-corrected chi connectivity index (χ0v) is 9.73. The first kappa shape index (κ1) is 11.1. The summed E-state index contributed by atoms with van der Waals surface area (Å²) in [6, 6.07) is 3.75. The zero-order valence-electron chi connectivity index (χ0n) is 9.73. The lowest BCUT2D eigenvalue weighted by Crippen LogP contribution is -2.32. The topological polar surface area (TPSA) is 34.1 Å². The second kappa shape index (κ2) is 4.70. The summed E-state index contributed by atoms with van der Waals surface area (Å²) in [6.45, 7) is 1.57. The van der Waals surface area contributed by atoms with Gasteiger partial charge in [-0.3, -0.25) is 4.98 Å². The van der Waals surface area contributed by atoms with Crippen molar-refractivity contribution in [2.45, 2.75) is 31.4 Å². The van der Waals surface area contributed by atoms with Crippen LogP contribution >= 0.6 is 0 Å². The summed E-state index contributed by atoms with van der Waals surface area (Å²) in [7, 11) is 0. The van der Waals surface area contributed by atoms with Crippen molar-refractivity contribution in [1.82, 2.24) is 10.3 Å². The van der Waals surface area contributed by atoms with E-state index < -0.39 is 0 Å². The number of nitrogens with one attached hydrogen (secondary N) is 1. The molecule has 2 aliphatic rings. The second-order valence-electron chi connectivity index (χ2n) is 4.93. The number of fused-ring (bicyclic) bond motifs is 1. The molecule has 4 heteroatoms. The quantitative estimate of drug-likeness (QED) is 0.810. The van der Waals surface area contributed by atoms with E-state index >= 15 is 0 Å². The Morgan fingerprint density at radius 2 is 2.29 bits per heavy atom. The molecule has 0 aromatic carbocycles. The van der Waals surface area contributed by atoms with Crippen molar-refractivity contribution in [2.75, 3.05) is 13.2 Å². The molecule has 1 aromatic rings. The Kier molecular flexibility index (Phi) is 3.07. The molecule has 0 amide bonds. The molecule has 0 bridgehead atoms. The fourth-order valence-corrected chi connectivity index (χ4v) is 2.83. The van der Waals surface area contributed by atoms with Gasteiger partial charge in [-0.25, -0.2) is 4.39 Å². The predicted molar refractivity (Wildman–Crippen MR) is 62.0 cm³/mol. The number of nitrogens with zero attached hydrogens (tertiary/aromatic N) is 1. The van der Waals surface area contributed by atoms with Crippen LogP contribution in [0.3, 0.4) is 0 Å². The van der Waals surface area contributed by atoms with E-state index in [0.717, 1.165) is 18.8 Å². The number of hydrogen-bond donors (Lipinski definition) is 1. The van der Waals surface area contributed by atoms with Crippen LogP contribution in [-0.4, -0.2) is 24.2 Å². The molecule has 92 valence electrons. The third-order valence-electron chi connectivity index (χ3n) is 3.82. The van der Waals surface area contributed by atoms with Gasteiger partial charge in [0.1, 0.15) is 11.9 Å². The van der Waals surface area contributed by atoms with Gasteiger partial charge < -0.3 is 10.1 Å². The standard InChI is InChI=1S/C13H17FN2O/c14-10-4-5-12(15-6-10)13-7-16-11-3-1-2-9(11)8-17-13/h4-6,9,11,13,16H,1-3,7-8H2. The average Bonchev–Trinajstić information content (AvgIpc) is 2.70. The molecule has 17 heavy (non-hydrogen) atoms. The number of rotatable bonds is 1. The van der Waals surface area contributed by atoms with Crippen LogP contribution in [0.2, 0.25) is 0 Å². The van der Waals surface area contributed by atoms with Gasteiger partial charge in [-0.05, 0) is 30.9 Å². The van der Waals surface area contributed by atoms with Gasteiger partial charge in [0.2, 0.25) is 0 Å². The number of pyridine rings is 1. The SMILES string of the molecule is Fc1ccc(C2CNC3CCCC3CO2)nc1. The molecule has 3 unspecified atom stereocenters. The van der Waals surface area contributed by atoms with Gasteiger partial charge in [-0.2, -0.15) is 0 Å². The summed E-state index contributed by atoms with van der Waals surface area (Å²) >= 11 is 0. The lowest BCUT2D eigenvalue weighted by molar-refractivity contribution is 0.0447. The Morgan fingerprint density at radius 1 is 1.35 bits per heavy atom. The molecule has 3 atom stereocenters. The Labute approximate surface area is 100 Å². The van der Waals surface area contributed by atoms with E-state index in [2.05, 4.69) is 10.3 Å². The highest BCUT2D eigenvalue weighted by Crippen LogP contribution is 2.30. The van der Waals surface area contributed by atoms with Crippen molar-refractivity contribution < 1.29 is 9.13 Å². The minimum absolute atomic E-state index is 0.0406. The molecule has 1 saturated heterocycles. The lowest BCUT2D eigenvalue weighted by atomic mass is 10.1. The van der Waals surface area contributed by atoms with Crippen molar-refractivity contribution in [3.8, 4) is 0 Å². The zero-order chi connectivity index (χ0) is 11.7. The molecule has 1 saturated carbocycles. The van der Waals surface area contributed by atoms with Crippen molar-refractivity contribution in [3.05, 3.63) is 29.8 Å². The maximum absolute atomic E-state index is 12.8. The van der Waals surface area contributed by atoms with Gasteiger partial charge in [-0.15, -0.1) is 0 Å². The van der Waals surface area contributed by atoms with Crippen LogP contribution in [0.15, 0.2) is 18.3 Å². The summed E-state index contributed by atoms with van der Waals surface area (Å²) in [5, 5.41) is 3.55. The van der Waals surface area contributed by atoms with Crippen LogP contribution in [0, 0.1) is 11.7 Å². The summed E-state index contributed by atoms with van der Waals surface area (Å²) in [4.78, 5) is 4.10. The highest BCUT2D eigenvalue weighted by atomic mass is 19.1. The maximum Gasteiger partial charge on any atom is 0.141 e. The van der Waals surface area contributed by atoms with Crippen LogP contribution in [0.4, 0.5) is 4.39 Å². The first-order valence-electron chi connectivity index (χ1n) is 6.29. The van der Waals surface area contributed by atoms with Gasteiger partial charge in [0.15, 0.2) is 0 Å². The number of hydrogen-bond acceptors (Lipinski definition) is 3. The van der Waals surface area contributed by atoms with Gasteiger partial charge in [0, 0.05) is 12.6 Å². The van der Waals surface area contributed by atoms with Crippen molar-refractivity contribution in [3.63, 3.8) is 0 Å². The predicted octanol–water partition coefficient (Wildman–Crippen LogP) is 2.05. The molecule has 2 fully saturated rings. The third-order valence-corrected chi connectivity index (χ3v) is 3.82. The normalized spacial score (nSPS) is 33.1. The molecular weight excluding hydrogens is 219 g/mol. The van der Waals surface area contributed by atoms with Crippen LogP contribution in [0.25, 0.3) is 0 Å². The molecule has 1 aromatic heterocycles. The number of ether oxygens (including phenoxy) is 1. The van der Waals surface area contributed by atoms with Crippen LogP contribution < -0.4 is 5.32 Å². The Bertz CT molecular complexity index is 368. The van der Waals surface area contributed by atoms with Crippen molar-refractivity contribution in [2.24, 2.45) is 5.92 Å². The van der Waals surface area contributed by atoms with Gasteiger partial charge in [0.25, 0.3) is 0 Å². The van der Waals surface area contributed by atoms with Gasteiger partial charge >= 0.3 is 0 Å². The minimum Gasteiger partial charge on any atom is -0.370 e. The van der Waals surface area contributed by atoms with Gasteiger partial charge in [0.05, 0.1) is 18.5 Å². The fraction of sp³-hybridized carbons (Fsp3) is 0.615. The van der Waals surface area contributed by atoms with Crippen LogP contribution in [0.1, 0.15) is 31.1 Å². The highest BCUT2D eigenvalue weighted by molar-refractivity contribution is 5.09. The molecule has 3 rings (SSSR count). The van der Waals surface area contributed by atoms with E-state index in [1.165, 1.54) is 31.5 Å². The van der Waals surface area contributed by atoms with E-state index in [0.29, 0.717) is 12.0 Å². The molecular formula is C13H17FN2O. The first-order chi connectivity index (χ1) is 8.33. The summed E-state index contributed by atoms with van der Waals surface area (Å²) in [5.74, 6) is 0.340. The fourth-order valence-electron chi connectivity index (χ4n) is 2.83. The molecule has 1 aliphatic heterocycles. The molecule has 1 aliphatic carbocycles. The third kappa shape index (κ3) is 2.33. The summed E-state index contributed by atoms with van der Waals surface area (Å²) in [6.07, 6.45) is 5.01. The van der Waals surface area contributed by atoms with E-state index in [9.17, 15) is 4.39 Å². The Balaban J connectivity index is 1.70. The van der Waals surface area contributed by atoms with Gasteiger partial charge in [-0.1, -0.05) is 6.42 Å². The van der Waals surface area contributed by atoms with E-state index in [1.54, 1.807) is 6.07 Å². The molecule has 1 N–H and O–H groups in total. The smallest absolute Gasteiger partial charge is 0.141 e. The Hall–Kier alpha value is -1.00. The summed E-state index contributed by atoms with van der Waals surface area (Å²) in [5.41, 5.74) is 0.818. The highest BCUT2D eigenvalue weighted by Gasteiger charge is 2.31. The monoisotopic (exact) mass is 236 g/mol. The number of halogens is 1. The molecule has 0 spiro atoms. The van der Waals surface area contributed by atoms with Crippen LogP contribution in [0.5, 0.6) is 0 Å². The van der Waals surface area contributed by atoms with E-state index in [-0.39, 0.29) is 11.9 Å². The number of aromatic nitrogens is 1. The average molecular weight is 236 g/mol. The lowest BCUT2D eigenvalue weighted by Gasteiger charge is -2.15. The van der Waals surface area contributed by atoms with Crippen molar-refractivity contribution >= 4 is 0 Å². The maximum atomic E-state index is 12.8. The molecule has 0 radical (unpaired) electrons. The largest absolute Gasteiger partial charge is 0.370 e. The Morgan fingerprint density at radius 3 is 3.12 bits per heavy atom. The molecule has 3 nitrogen and oxygen atoms in total. The van der Waals surface area contributed by atoms with E-state index in [4.69, 9.17) is 4.74 Å². The summed E-state index contributed by atoms with van der Waals surface area (Å²) < 4.78 is 18.7. The molecule has 2 heterocycles. The minimum atomic E-state index is -0.299. The van der Waals surface area contributed by atoms with Crippen molar-refractivity contribution in [1.29, 1.82) is 0 Å². The van der Waals surface area contributed by atoms with Crippen LogP contribution in [-0.2, 0) is 4.74 Å². The first-order valence-corrected chi connectivity index (χ1v) is 6.29. The van der Waals surface area contributed by atoms with E-state index in [1.807, 2.05) is 0 Å².